The first-order valence-corrected chi connectivity index (χ1v) is 8.70. The number of nitrogens with zero attached hydrogens (tertiary/aromatic N) is 1. The van der Waals surface area contributed by atoms with Gasteiger partial charge in [-0.25, -0.2) is 9.78 Å². The van der Waals surface area contributed by atoms with E-state index in [2.05, 4.69) is 15.6 Å². The Morgan fingerprint density at radius 2 is 1.96 bits per heavy atom. The van der Waals surface area contributed by atoms with E-state index in [4.69, 9.17) is 9.84 Å². The van der Waals surface area contributed by atoms with Crippen molar-refractivity contribution < 1.29 is 24.2 Å². The van der Waals surface area contributed by atoms with Crippen molar-refractivity contribution in [1.29, 1.82) is 0 Å². The minimum atomic E-state index is -0.910. The van der Waals surface area contributed by atoms with Crippen LogP contribution in [0.15, 0.2) is 30.3 Å². The number of hydrogen-bond donors (Lipinski definition) is 3. The zero-order chi connectivity index (χ0) is 18.9. The van der Waals surface area contributed by atoms with Crippen LogP contribution in [0.25, 0.3) is 11.3 Å². The number of benzene rings is 1. The van der Waals surface area contributed by atoms with Crippen molar-refractivity contribution in [2.24, 2.45) is 0 Å². The Balaban J connectivity index is 2.08. The van der Waals surface area contributed by atoms with E-state index < -0.39 is 18.0 Å². The smallest absolute Gasteiger partial charge is 0.321 e. The average molecular weight is 377 g/mol. The van der Waals surface area contributed by atoms with Crippen LogP contribution >= 0.6 is 11.3 Å². The fourth-order valence-electron chi connectivity index (χ4n) is 2.13. The number of thiazole rings is 1. The molecule has 0 atom stereocenters. The van der Waals surface area contributed by atoms with Crippen molar-refractivity contribution in [3.8, 4) is 11.3 Å². The Hall–Kier alpha value is -2.94. The number of carbonyl (C=O) groups excluding carboxylic acids is 2. The van der Waals surface area contributed by atoms with Gasteiger partial charge in [-0.05, 0) is 6.42 Å². The summed E-state index contributed by atoms with van der Waals surface area (Å²) >= 11 is 1.19. The zero-order valence-electron chi connectivity index (χ0n) is 14.2. The first kappa shape index (κ1) is 19.4. The molecule has 0 aliphatic rings. The van der Waals surface area contributed by atoms with Gasteiger partial charge < -0.3 is 15.2 Å². The van der Waals surface area contributed by atoms with Gasteiger partial charge in [0.1, 0.15) is 0 Å². The molecule has 0 aliphatic heterocycles. The van der Waals surface area contributed by atoms with Gasteiger partial charge >= 0.3 is 18.0 Å². The largest absolute Gasteiger partial charge is 0.481 e. The first-order valence-electron chi connectivity index (χ1n) is 7.88. The molecule has 0 saturated heterocycles. The third kappa shape index (κ3) is 5.85. The number of amides is 2. The third-order valence-corrected chi connectivity index (χ3v) is 4.32. The molecule has 2 rings (SSSR count). The van der Waals surface area contributed by atoms with Gasteiger partial charge in [0, 0.05) is 23.4 Å². The Bertz CT molecular complexity index is 776. The van der Waals surface area contributed by atoms with E-state index >= 15 is 0 Å². The highest BCUT2D eigenvalue weighted by Gasteiger charge is 2.17. The number of urea groups is 1. The van der Waals surface area contributed by atoms with Crippen LogP contribution < -0.4 is 10.6 Å². The van der Waals surface area contributed by atoms with E-state index in [0.717, 1.165) is 5.56 Å². The van der Waals surface area contributed by atoms with Gasteiger partial charge in [0.2, 0.25) is 0 Å². The van der Waals surface area contributed by atoms with Crippen LogP contribution in [-0.2, 0) is 20.7 Å². The maximum Gasteiger partial charge on any atom is 0.321 e. The van der Waals surface area contributed by atoms with Gasteiger partial charge in [0.15, 0.2) is 5.13 Å². The third-order valence-electron chi connectivity index (χ3n) is 3.35. The quantitative estimate of drug-likeness (QED) is 0.481. The number of ether oxygens (including phenoxy) is 1. The van der Waals surface area contributed by atoms with Crippen molar-refractivity contribution in [3.05, 3.63) is 35.2 Å². The Labute approximate surface area is 154 Å². The van der Waals surface area contributed by atoms with Crippen LogP contribution in [-0.4, -0.2) is 41.7 Å². The second kappa shape index (κ2) is 9.52. The fourth-order valence-corrected chi connectivity index (χ4v) is 3.10. The van der Waals surface area contributed by atoms with Crippen LogP contribution in [0.1, 0.15) is 17.7 Å². The molecule has 1 aromatic carbocycles. The monoisotopic (exact) mass is 377 g/mol. The molecular formula is C17H19N3O5S. The second-order valence-corrected chi connectivity index (χ2v) is 6.37. The molecule has 1 heterocycles. The van der Waals surface area contributed by atoms with E-state index in [1.807, 2.05) is 30.3 Å². The Morgan fingerprint density at radius 3 is 2.62 bits per heavy atom. The molecule has 26 heavy (non-hydrogen) atoms. The van der Waals surface area contributed by atoms with Crippen LogP contribution in [0, 0.1) is 0 Å². The Morgan fingerprint density at radius 1 is 1.23 bits per heavy atom. The molecule has 0 spiro atoms. The minimum Gasteiger partial charge on any atom is -0.481 e. The number of aliphatic carboxylic acids is 1. The highest BCUT2D eigenvalue weighted by Crippen LogP contribution is 2.31. The number of aromatic nitrogens is 1. The van der Waals surface area contributed by atoms with Crippen molar-refractivity contribution in [1.82, 2.24) is 10.3 Å². The highest BCUT2D eigenvalue weighted by atomic mass is 32.1. The summed E-state index contributed by atoms with van der Waals surface area (Å²) in [5.74, 6) is -1.30. The number of hydrogen-bond acceptors (Lipinski definition) is 6. The van der Waals surface area contributed by atoms with E-state index in [1.165, 1.54) is 18.4 Å². The molecule has 0 saturated carbocycles. The average Bonchev–Trinajstić information content (AvgIpc) is 3.01. The molecule has 8 nitrogen and oxygen atoms in total. The molecule has 3 N–H and O–H groups in total. The van der Waals surface area contributed by atoms with Gasteiger partial charge in [0.05, 0.1) is 19.2 Å². The van der Waals surface area contributed by atoms with Crippen LogP contribution in [0.5, 0.6) is 0 Å². The second-order valence-electron chi connectivity index (χ2n) is 5.29. The lowest BCUT2D eigenvalue weighted by Gasteiger charge is -2.03. The molecule has 138 valence electrons. The molecule has 0 fully saturated rings. The number of carboxylic acids is 1. The lowest BCUT2D eigenvalue weighted by molar-refractivity contribution is -0.140. The Kier molecular flexibility index (Phi) is 7.10. The molecular weight excluding hydrogens is 358 g/mol. The molecule has 0 bridgehead atoms. The topological polar surface area (TPSA) is 118 Å². The maximum atomic E-state index is 11.9. The minimum absolute atomic E-state index is 0.0149. The molecule has 9 heteroatoms. The van der Waals surface area contributed by atoms with E-state index in [1.54, 1.807) is 0 Å². The molecule has 2 amide bonds. The standard InChI is InChI=1S/C17H19N3O5S/c1-25-14(23)10-12-15(11-6-3-2-4-7-11)19-17(26-12)20-16(24)18-9-5-8-13(21)22/h2-4,6-7H,5,8-10H2,1H3,(H,21,22)(H2,18,19,20,24). The van der Waals surface area contributed by atoms with E-state index in [9.17, 15) is 14.4 Å². The summed E-state index contributed by atoms with van der Waals surface area (Å²) in [6, 6.07) is 8.85. The van der Waals surface area contributed by atoms with Crippen LogP contribution in [0.2, 0.25) is 0 Å². The normalized spacial score (nSPS) is 10.2. The number of methoxy groups -OCH3 is 1. The number of carbonyl (C=O) groups is 3. The van der Waals surface area contributed by atoms with E-state index in [-0.39, 0.29) is 19.4 Å². The first-order chi connectivity index (χ1) is 12.5. The van der Waals surface area contributed by atoms with Gasteiger partial charge in [-0.1, -0.05) is 30.3 Å². The molecule has 1 aromatic heterocycles. The summed E-state index contributed by atoms with van der Waals surface area (Å²) in [5, 5.41) is 14.1. The number of rotatable bonds is 8. The highest BCUT2D eigenvalue weighted by molar-refractivity contribution is 7.16. The van der Waals surface area contributed by atoms with Crippen molar-refractivity contribution >= 4 is 34.4 Å². The number of carboxylic acid groups (broad SMARTS) is 1. The lowest BCUT2D eigenvalue weighted by atomic mass is 10.1. The number of esters is 1. The summed E-state index contributed by atoms with van der Waals surface area (Å²) in [5.41, 5.74) is 1.44. The van der Waals surface area contributed by atoms with Crippen molar-refractivity contribution in [2.75, 3.05) is 19.0 Å². The van der Waals surface area contributed by atoms with Crippen LogP contribution in [0.3, 0.4) is 0 Å². The van der Waals surface area contributed by atoms with Gasteiger partial charge in [-0.3, -0.25) is 14.9 Å². The summed E-state index contributed by atoms with van der Waals surface area (Å²) < 4.78 is 4.71. The summed E-state index contributed by atoms with van der Waals surface area (Å²) in [6.45, 7) is 0.240. The van der Waals surface area contributed by atoms with Gasteiger partial charge in [0.25, 0.3) is 0 Å². The summed E-state index contributed by atoms with van der Waals surface area (Å²) in [6.07, 6.45) is 0.378. The maximum absolute atomic E-state index is 11.9. The molecule has 0 unspecified atom stereocenters. The molecule has 0 radical (unpaired) electrons. The van der Waals surface area contributed by atoms with E-state index in [0.29, 0.717) is 22.1 Å². The number of nitrogens with one attached hydrogen (secondary N) is 2. The summed E-state index contributed by atoms with van der Waals surface area (Å²) in [4.78, 5) is 39.1. The van der Waals surface area contributed by atoms with Crippen molar-refractivity contribution in [3.63, 3.8) is 0 Å². The molecule has 2 aromatic rings. The predicted molar refractivity (Wildman–Crippen MR) is 97.2 cm³/mol. The number of anilines is 1. The molecule has 0 aliphatic carbocycles. The van der Waals surface area contributed by atoms with Crippen molar-refractivity contribution in [2.45, 2.75) is 19.3 Å². The van der Waals surface area contributed by atoms with Crippen LogP contribution in [0.4, 0.5) is 9.93 Å². The summed E-state index contributed by atoms with van der Waals surface area (Å²) in [7, 11) is 1.31. The van der Waals surface area contributed by atoms with Gasteiger partial charge in [-0.2, -0.15) is 0 Å². The lowest BCUT2D eigenvalue weighted by Crippen LogP contribution is -2.29. The zero-order valence-corrected chi connectivity index (χ0v) is 15.0. The van der Waals surface area contributed by atoms with Gasteiger partial charge in [-0.15, -0.1) is 11.3 Å². The predicted octanol–water partition coefficient (Wildman–Crippen LogP) is 2.51. The SMILES string of the molecule is COC(=O)Cc1sc(NC(=O)NCCCC(=O)O)nc1-c1ccccc1. The fraction of sp³-hybridized carbons (Fsp3) is 0.294.